The van der Waals surface area contributed by atoms with E-state index in [1.54, 1.807) is 36.3 Å². The second-order valence-corrected chi connectivity index (χ2v) is 7.41. The first-order chi connectivity index (χ1) is 14.4. The standard InChI is InChI=1S/C24H31FN2O3/c1-5-17(3)26-24(29)22(6-2)27(16-19-7-11-20(25)12-8-19)23(28)15-18-9-13-21(30-4)14-10-18/h7-14,17,22H,5-6,15-16H2,1-4H3,(H,26,29)/t17-,22+/m0/s1. The van der Waals surface area contributed by atoms with Gasteiger partial charge >= 0.3 is 0 Å². The minimum atomic E-state index is -0.602. The number of nitrogens with one attached hydrogen (secondary N) is 1. The molecule has 2 atom stereocenters. The van der Waals surface area contributed by atoms with Crippen LogP contribution in [0.1, 0.15) is 44.7 Å². The van der Waals surface area contributed by atoms with Crippen LogP contribution in [0.4, 0.5) is 4.39 Å². The Bertz CT molecular complexity index is 821. The molecule has 0 aromatic heterocycles. The molecule has 2 amide bonds. The number of rotatable bonds is 10. The summed E-state index contributed by atoms with van der Waals surface area (Å²) in [7, 11) is 1.59. The summed E-state index contributed by atoms with van der Waals surface area (Å²) in [4.78, 5) is 27.7. The maximum absolute atomic E-state index is 13.3. The van der Waals surface area contributed by atoms with Crippen molar-refractivity contribution in [1.29, 1.82) is 0 Å². The van der Waals surface area contributed by atoms with E-state index in [1.165, 1.54) is 12.1 Å². The minimum absolute atomic E-state index is 0.0240. The number of carbonyl (C=O) groups excluding carboxylic acids is 2. The van der Waals surface area contributed by atoms with Crippen molar-refractivity contribution in [2.24, 2.45) is 0 Å². The van der Waals surface area contributed by atoms with Gasteiger partial charge in [0.1, 0.15) is 17.6 Å². The Hall–Kier alpha value is -2.89. The van der Waals surface area contributed by atoms with Crippen LogP contribution in [0, 0.1) is 5.82 Å². The average molecular weight is 415 g/mol. The monoisotopic (exact) mass is 414 g/mol. The van der Waals surface area contributed by atoms with Gasteiger partial charge < -0.3 is 15.0 Å². The van der Waals surface area contributed by atoms with E-state index in [2.05, 4.69) is 5.32 Å². The number of benzene rings is 2. The molecule has 2 rings (SSSR count). The van der Waals surface area contributed by atoms with Gasteiger partial charge in [0.25, 0.3) is 0 Å². The number of halogens is 1. The molecule has 162 valence electrons. The van der Waals surface area contributed by atoms with E-state index in [1.807, 2.05) is 32.9 Å². The predicted molar refractivity (Wildman–Crippen MR) is 116 cm³/mol. The number of methoxy groups -OCH3 is 1. The van der Waals surface area contributed by atoms with Gasteiger partial charge in [-0.15, -0.1) is 0 Å². The van der Waals surface area contributed by atoms with Crippen LogP contribution in [0.3, 0.4) is 0 Å². The summed E-state index contributed by atoms with van der Waals surface area (Å²) in [6.45, 7) is 6.06. The first kappa shape index (κ1) is 23.4. The van der Waals surface area contributed by atoms with Gasteiger partial charge in [0, 0.05) is 12.6 Å². The first-order valence-corrected chi connectivity index (χ1v) is 10.3. The third kappa shape index (κ3) is 6.58. The average Bonchev–Trinajstić information content (AvgIpc) is 2.75. The van der Waals surface area contributed by atoms with Gasteiger partial charge in [0.2, 0.25) is 11.8 Å². The smallest absolute Gasteiger partial charge is 0.243 e. The number of ether oxygens (including phenoxy) is 1. The molecular formula is C24H31FN2O3. The van der Waals surface area contributed by atoms with Crippen LogP contribution < -0.4 is 10.1 Å². The molecule has 0 heterocycles. The normalized spacial score (nSPS) is 12.7. The lowest BCUT2D eigenvalue weighted by molar-refractivity contribution is -0.141. The lowest BCUT2D eigenvalue weighted by atomic mass is 10.1. The van der Waals surface area contributed by atoms with Crippen molar-refractivity contribution < 1.29 is 18.7 Å². The summed E-state index contributed by atoms with van der Waals surface area (Å²) in [5.41, 5.74) is 1.61. The van der Waals surface area contributed by atoms with Crippen molar-refractivity contribution >= 4 is 11.8 Å². The number of carbonyl (C=O) groups is 2. The van der Waals surface area contributed by atoms with E-state index >= 15 is 0 Å². The molecule has 5 nitrogen and oxygen atoms in total. The molecule has 0 unspecified atom stereocenters. The van der Waals surface area contributed by atoms with Gasteiger partial charge in [-0.05, 0) is 55.2 Å². The molecule has 0 saturated heterocycles. The van der Waals surface area contributed by atoms with Crippen molar-refractivity contribution in [1.82, 2.24) is 10.2 Å². The third-order valence-corrected chi connectivity index (χ3v) is 5.17. The summed E-state index contributed by atoms with van der Waals surface area (Å²) < 4.78 is 18.5. The summed E-state index contributed by atoms with van der Waals surface area (Å²) in [5.74, 6) is 0.0535. The predicted octanol–water partition coefficient (Wildman–Crippen LogP) is 4.10. The molecule has 0 aliphatic carbocycles. The summed E-state index contributed by atoms with van der Waals surface area (Å²) in [5, 5.41) is 2.98. The Balaban J connectivity index is 2.26. The van der Waals surface area contributed by atoms with E-state index in [-0.39, 0.29) is 36.6 Å². The highest BCUT2D eigenvalue weighted by atomic mass is 19.1. The zero-order chi connectivity index (χ0) is 22.1. The lowest BCUT2D eigenvalue weighted by Gasteiger charge is -2.31. The Morgan fingerprint density at radius 1 is 1.00 bits per heavy atom. The number of amides is 2. The van der Waals surface area contributed by atoms with E-state index in [9.17, 15) is 14.0 Å². The first-order valence-electron chi connectivity index (χ1n) is 10.3. The topological polar surface area (TPSA) is 58.6 Å². The van der Waals surface area contributed by atoms with Crippen LogP contribution in [0.15, 0.2) is 48.5 Å². The molecule has 0 radical (unpaired) electrons. The van der Waals surface area contributed by atoms with Crippen LogP contribution in [0.5, 0.6) is 5.75 Å². The molecule has 1 N–H and O–H groups in total. The molecule has 0 aliphatic heterocycles. The molecule has 0 aliphatic rings. The summed E-state index contributed by atoms with van der Waals surface area (Å²) >= 11 is 0. The van der Waals surface area contributed by atoms with Crippen molar-refractivity contribution in [3.8, 4) is 5.75 Å². The van der Waals surface area contributed by atoms with Crippen molar-refractivity contribution in [3.05, 3.63) is 65.5 Å². The Kier molecular flexibility index (Phi) is 8.84. The van der Waals surface area contributed by atoms with Crippen LogP contribution in [-0.4, -0.2) is 35.9 Å². The van der Waals surface area contributed by atoms with E-state index in [4.69, 9.17) is 4.74 Å². The second-order valence-electron chi connectivity index (χ2n) is 7.41. The van der Waals surface area contributed by atoms with Gasteiger partial charge in [-0.1, -0.05) is 38.1 Å². The van der Waals surface area contributed by atoms with Gasteiger partial charge in [-0.3, -0.25) is 9.59 Å². The molecule has 0 spiro atoms. The van der Waals surface area contributed by atoms with Gasteiger partial charge in [-0.25, -0.2) is 4.39 Å². The van der Waals surface area contributed by atoms with Crippen molar-refractivity contribution in [2.45, 2.75) is 58.7 Å². The molecular weight excluding hydrogens is 383 g/mol. The zero-order valence-corrected chi connectivity index (χ0v) is 18.2. The Labute approximate surface area is 178 Å². The fraction of sp³-hybridized carbons (Fsp3) is 0.417. The van der Waals surface area contributed by atoms with E-state index < -0.39 is 6.04 Å². The molecule has 0 bridgehead atoms. The molecule has 2 aromatic rings. The fourth-order valence-electron chi connectivity index (χ4n) is 3.17. The molecule has 6 heteroatoms. The third-order valence-electron chi connectivity index (χ3n) is 5.17. The fourth-order valence-corrected chi connectivity index (χ4v) is 3.17. The highest BCUT2D eigenvalue weighted by Gasteiger charge is 2.29. The second kappa shape index (κ2) is 11.3. The van der Waals surface area contributed by atoms with E-state index in [0.29, 0.717) is 12.2 Å². The zero-order valence-electron chi connectivity index (χ0n) is 18.2. The van der Waals surface area contributed by atoms with E-state index in [0.717, 1.165) is 17.5 Å². The molecule has 30 heavy (non-hydrogen) atoms. The maximum Gasteiger partial charge on any atom is 0.243 e. The van der Waals surface area contributed by atoms with Crippen molar-refractivity contribution in [3.63, 3.8) is 0 Å². The molecule has 2 aromatic carbocycles. The van der Waals surface area contributed by atoms with Crippen molar-refractivity contribution in [2.75, 3.05) is 7.11 Å². The number of hydrogen-bond acceptors (Lipinski definition) is 3. The Morgan fingerprint density at radius 3 is 2.13 bits per heavy atom. The van der Waals surface area contributed by atoms with Crippen LogP contribution in [-0.2, 0) is 22.6 Å². The van der Waals surface area contributed by atoms with Crippen LogP contribution >= 0.6 is 0 Å². The van der Waals surface area contributed by atoms with Crippen LogP contribution in [0.25, 0.3) is 0 Å². The Morgan fingerprint density at radius 2 is 1.60 bits per heavy atom. The summed E-state index contributed by atoms with van der Waals surface area (Å²) in [6.07, 6.45) is 1.45. The molecule has 0 fully saturated rings. The number of nitrogens with zero attached hydrogens (tertiary/aromatic N) is 1. The SMILES string of the molecule is CC[C@H](C(=O)N[C@@H](C)CC)N(Cc1ccc(F)cc1)C(=O)Cc1ccc(OC)cc1. The van der Waals surface area contributed by atoms with Crippen LogP contribution in [0.2, 0.25) is 0 Å². The molecule has 0 saturated carbocycles. The quantitative estimate of drug-likeness (QED) is 0.637. The van der Waals surface area contributed by atoms with Gasteiger partial charge in [-0.2, -0.15) is 0 Å². The highest BCUT2D eigenvalue weighted by molar-refractivity contribution is 5.88. The van der Waals surface area contributed by atoms with Gasteiger partial charge in [0.15, 0.2) is 0 Å². The summed E-state index contributed by atoms with van der Waals surface area (Å²) in [6, 6.07) is 12.7. The maximum atomic E-state index is 13.3. The minimum Gasteiger partial charge on any atom is -0.497 e. The lowest BCUT2D eigenvalue weighted by Crippen LogP contribution is -2.51. The highest BCUT2D eigenvalue weighted by Crippen LogP contribution is 2.17. The largest absolute Gasteiger partial charge is 0.497 e. The van der Waals surface area contributed by atoms with Gasteiger partial charge in [0.05, 0.1) is 13.5 Å². The number of hydrogen-bond donors (Lipinski definition) is 1.